The molecule has 0 saturated carbocycles. The summed E-state index contributed by atoms with van der Waals surface area (Å²) in [4.78, 5) is 25.1. The van der Waals surface area contributed by atoms with Crippen molar-refractivity contribution in [3.05, 3.63) is 53.6 Å². The third kappa shape index (κ3) is 7.18. The van der Waals surface area contributed by atoms with Crippen molar-refractivity contribution in [2.45, 2.75) is 38.6 Å². The summed E-state index contributed by atoms with van der Waals surface area (Å²) in [6.45, 7) is 7.39. The van der Waals surface area contributed by atoms with Crippen LogP contribution in [0.5, 0.6) is 5.75 Å². The van der Waals surface area contributed by atoms with Crippen molar-refractivity contribution in [2.24, 2.45) is 5.92 Å². The molecule has 0 unspecified atom stereocenters. The van der Waals surface area contributed by atoms with Crippen molar-refractivity contribution >= 4 is 39.1 Å². The molecule has 0 radical (unpaired) electrons. The molecule has 2 aromatic rings. The number of nitrogens with zero attached hydrogens (tertiary/aromatic N) is 1. The summed E-state index contributed by atoms with van der Waals surface area (Å²) in [5.74, 6) is -0.613. The molecule has 10 heteroatoms. The maximum Gasteiger partial charge on any atom is 0.258 e. The Morgan fingerprint density at radius 3 is 2.27 bits per heavy atom. The van der Waals surface area contributed by atoms with Crippen LogP contribution < -0.4 is 15.4 Å². The first-order valence-electron chi connectivity index (χ1n) is 10.7. The molecule has 2 N–H and O–H groups in total. The third-order valence-electron chi connectivity index (χ3n) is 4.90. The lowest BCUT2D eigenvalue weighted by molar-refractivity contribution is -0.128. The molecule has 0 saturated heterocycles. The van der Waals surface area contributed by atoms with E-state index in [2.05, 4.69) is 10.6 Å². The van der Waals surface area contributed by atoms with Gasteiger partial charge in [0.2, 0.25) is 15.9 Å². The normalized spacial score (nSPS) is 12.5. The minimum absolute atomic E-state index is 0.0617. The van der Waals surface area contributed by atoms with Crippen LogP contribution >= 0.6 is 11.6 Å². The van der Waals surface area contributed by atoms with Gasteiger partial charge in [-0.15, -0.1) is 0 Å². The van der Waals surface area contributed by atoms with Crippen LogP contribution in [0.1, 0.15) is 27.7 Å². The second-order valence-corrected chi connectivity index (χ2v) is 9.93. The summed E-state index contributed by atoms with van der Waals surface area (Å²) >= 11 is 6.15. The predicted octanol–water partition coefficient (Wildman–Crippen LogP) is 3.53. The standard InChI is InChI=1S/C23H30ClN3O5S/c1-5-27(6-2)33(30,31)20-14-17(12-13-19(20)24)25-23(29)22(16(3)4)26-21(28)15-32-18-10-8-7-9-11-18/h7-14,16,22H,5-6,15H2,1-4H3,(H,25,29)(H,26,28)/t22-/m0/s1. The van der Waals surface area contributed by atoms with Crippen molar-refractivity contribution in [3.63, 3.8) is 0 Å². The number of carbonyl (C=O) groups excluding carboxylic acids is 2. The van der Waals surface area contributed by atoms with Gasteiger partial charge in [-0.2, -0.15) is 4.31 Å². The van der Waals surface area contributed by atoms with Gasteiger partial charge in [-0.05, 0) is 36.2 Å². The molecule has 0 fully saturated rings. The molecule has 0 aromatic heterocycles. The molecule has 33 heavy (non-hydrogen) atoms. The second-order valence-electron chi connectivity index (χ2n) is 7.61. The van der Waals surface area contributed by atoms with Crippen LogP contribution in [0.15, 0.2) is 53.4 Å². The van der Waals surface area contributed by atoms with E-state index >= 15 is 0 Å². The molecule has 8 nitrogen and oxygen atoms in total. The Bertz CT molecular complexity index is 1060. The lowest BCUT2D eigenvalue weighted by Crippen LogP contribution is -2.48. The van der Waals surface area contributed by atoms with Gasteiger partial charge in [-0.3, -0.25) is 9.59 Å². The molecule has 1 atom stereocenters. The van der Waals surface area contributed by atoms with E-state index in [-0.39, 0.29) is 41.2 Å². The van der Waals surface area contributed by atoms with E-state index in [1.165, 1.54) is 22.5 Å². The Balaban J connectivity index is 2.13. The zero-order valence-corrected chi connectivity index (χ0v) is 20.7. The largest absolute Gasteiger partial charge is 0.484 e. The molecule has 2 rings (SSSR count). The number of amides is 2. The lowest BCUT2D eigenvalue weighted by atomic mass is 10.0. The molecule has 180 valence electrons. The summed E-state index contributed by atoms with van der Waals surface area (Å²) in [5, 5.41) is 5.41. The number of hydrogen-bond donors (Lipinski definition) is 2. The quantitative estimate of drug-likeness (QED) is 0.496. The topological polar surface area (TPSA) is 105 Å². The van der Waals surface area contributed by atoms with E-state index in [4.69, 9.17) is 16.3 Å². The highest BCUT2D eigenvalue weighted by atomic mass is 35.5. The summed E-state index contributed by atoms with van der Waals surface area (Å²) in [6, 6.07) is 12.3. The second kappa shape index (κ2) is 12.0. The van der Waals surface area contributed by atoms with Crippen LogP contribution in [-0.4, -0.2) is 50.3 Å². The highest BCUT2D eigenvalue weighted by Crippen LogP contribution is 2.28. The first kappa shape index (κ1) is 26.6. The highest BCUT2D eigenvalue weighted by molar-refractivity contribution is 7.89. The van der Waals surface area contributed by atoms with Gasteiger partial charge in [-0.25, -0.2) is 8.42 Å². The number of anilines is 1. The van der Waals surface area contributed by atoms with E-state index in [1.807, 2.05) is 6.07 Å². The summed E-state index contributed by atoms with van der Waals surface area (Å²) in [6.07, 6.45) is 0. The van der Waals surface area contributed by atoms with Gasteiger partial charge in [0, 0.05) is 18.8 Å². The molecule has 2 aromatic carbocycles. The number of carbonyl (C=O) groups is 2. The maximum absolute atomic E-state index is 12.9. The molecule has 0 aliphatic carbocycles. The fourth-order valence-electron chi connectivity index (χ4n) is 3.12. The zero-order chi connectivity index (χ0) is 24.6. The van der Waals surface area contributed by atoms with Crippen molar-refractivity contribution < 1.29 is 22.7 Å². The van der Waals surface area contributed by atoms with Crippen molar-refractivity contribution in [1.29, 1.82) is 0 Å². The van der Waals surface area contributed by atoms with Crippen LogP contribution in [-0.2, 0) is 19.6 Å². The Labute approximate surface area is 200 Å². The molecule has 0 bridgehead atoms. The Kier molecular flexibility index (Phi) is 9.70. The number of benzene rings is 2. The number of halogens is 1. The fraction of sp³-hybridized carbons (Fsp3) is 0.391. The van der Waals surface area contributed by atoms with Crippen molar-refractivity contribution in [3.8, 4) is 5.75 Å². The average Bonchev–Trinajstić information content (AvgIpc) is 2.78. The molecule has 0 aliphatic heterocycles. The molecule has 2 amide bonds. The smallest absolute Gasteiger partial charge is 0.258 e. The van der Waals surface area contributed by atoms with Gasteiger partial charge in [0.1, 0.15) is 16.7 Å². The molecular formula is C23H30ClN3O5S. The van der Waals surface area contributed by atoms with Gasteiger partial charge in [0.15, 0.2) is 6.61 Å². The first-order chi connectivity index (χ1) is 15.6. The van der Waals surface area contributed by atoms with Crippen LogP contribution in [0, 0.1) is 5.92 Å². The number of nitrogens with one attached hydrogen (secondary N) is 2. The van der Waals surface area contributed by atoms with Crippen LogP contribution in [0.3, 0.4) is 0 Å². The van der Waals surface area contributed by atoms with Gasteiger partial charge < -0.3 is 15.4 Å². The van der Waals surface area contributed by atoms with E-state index in [0.29, 0.717) is 5.75 Å². The molecular weight excluding hydrogens is 466 g/mol. The third-order valence-corrected chi connectivity index (χ3v) is 7.43. The van der Waals surface area contributed by atoms with Crippen LogP contribution in [0.4, 0.5) is 5.69 Å². The number of sulfonamides is 1. The van der Waals surface area contributed by atoms with E-state index < -0.39 is 27.9 Å². The number of hydrogen-bond acceptors (Lipinski definition) is 5. The Hall–Kier alpha value is -2.62. The number of rotatable bonds is 11. The SMILES string of the molecule is CCN(CC)S(=O)(=O)c1cc(NC(=O)[C@@H](NC(=O)COc2ccccc2)C(C)C)ccc1Cl. The van der Waals surface area contributed by atoms with Crippen LogP contribution in [0.25, 0.3) is 0 Å². The van der Waals surface area contributed by atoms with E-state index in [9.17, 15) is 18.0 Å². The van der Waals surface area contributed by atoms with Crippen molar-refractivity contribution in [2.75, 3.05) is 25.0 Å². The molecule has 0 heterocycles. The number of para-hydroxylation sites is 1. The maximum atomic E-state index is 12.9. The monoisotopic (exact) mass is 495 g/mol. The van der Waals surface area contributed by atoms with E-state index in [1.54, 1.807) is 52.0 Å². The first-order valence-corrected chi connectivity index (χ1v) is 12.5. The Morgan fingerprint density at radius 1 is 1.06 bits per heavy atom. The van der Waals surface area contributed by atoms with Gasteiger partial charge in [0.25, 0.3) is 5.91 Å². The molecule has 0 aliphatic rings. The van der Waals surface area contributed by atoms with Gasteiger partial charge in [-0.1, -0.05) is 57.5 Å². The van der Waals surface area contributed by atoms with Gasteiger partial charge >= 0.3 is 0 Å². The summed E-state index contributed by atoms with van der Waals surface area (Å²) in [7, 11) is -3.82. The highest BCUT2D eigenvalue weighted by Gasteiger charge is 2.27. The van der Waals surface area contributed by atoms with Gasteiger partial charge in [0.05, 0.1) is 5.02 Å². The summed E-state index contributed by atoms with van der Waals surface area (Å²) in [5.41, 5.74) is 0.260. The predicted molar refractivity (Wildman–Crippen MR) is 129 cm³/mol. The van der Waals surface area contributed by atoms with E-state index in [0.717, 1.165) is 0 Å². The van der Waals surface area contributed by atoms with Crippen LogP contribution in [0.2, 0.25) is 5.02 Å². The minimum Gasteiger partial charge on any atom is -0.484 e. The zero-order valence-electron chi connectivity index (χ0n) is 19.2. The van der Waals surface area contributed by atoms with Crippen molar-refractivity contribution in [1.82, 2.24) is 9.62 Å². The number of ether oxygens (including phenoxy) is 1. The summed E-state index contributed by atoms with van der Waals surface area (Å²) < 4.78 is 32.5. The Morgan fingerprint density at radius 2 is 1.70 bits per heavy atom. The fourth-order valence-corrected chi connectivity index (χ4v) is 5.08. The average molecular weight is 496 g/mol. The minimum atomic E-state index is -3.82. The lowest BCUT2D eigenvalue weighted by Gasteiger charge is -2.23. The molecule has 0 spiro atoms.